The van der Waals surface area contributed by atoms with Crippen LogP contribution in [0, 0.1) is 24.6 Å². The van der Waals surface area contributed by atoms with E-state index in [-0.39, 0.29) is 17.8 Å². The summed E-state index contributed by atoms with van der Waals surface area (Å²) < 4.78 is 19.7. The predicted octanol–water partition coefficient (Wildman–Crippen LogP) is 4.78. The molecule has 1 aliphatic heterocycles. The third-order valence-electron chi connectivity index (χ3n) is 6.09. The summed E-state index contributed by atoms with van der Waals surface area (Å²) in [6.45, 7) is 9.46. The van der Waals surface area contributed by atoms with E-state index in [1.54, 1.807) is 25.3 Å². The van der Waals surface area contributed by atoms with E-state index in [0.29, 0.717) is 35.1 Å². The summed E-state index contributed by atoms with van der Waals surface area (Å²) in [6, 6.07) is 8.58. The average molecular weight is 401 g/mol. The number of likely N-dealkylation sites (N-methyl/N-ethyl adjacent to an activating group) is 1. The molecule has 2 aromatic rings. The number of hydrogen-bond donors (Lipinski definition) is 0. The number of carbonyl (C=O) groups excluding carboxylic acids is 1. The summed E-state index contributed by atoms with van der Waals surface area (Å²) in [7, 11) is 1.85. The maximum atomic E-state index is 14.4. The van der Waals surface area contributed by atoms with Crippen molar-refractivity contribution in [1.82, 2.24) is 9.80 Å². The molecule has 1 atom stereocenters. The van der Waals surface area contributed by atoms with Gasteiger partial charge in [-0.3, -0.25) is 4.79 Å². The van der Waals surface area contributed by atoms with Gasteiger partial charge in [0.25, 0.3) is 5.91 Å². The fourth-order valence-corrected chi connectivity index (χ4v) is 4.49. The molecule has 1 saturated heterocycles. The van der Waals surface area contributed by atoms with Crippen LogP contribution in [0.1, 0.15) is 48.4 Å². The van der Waals surface area contributed by atoms with Crippen molar-refractivity contribution in [3.63, 3.8) is 0 Å². The van der Waals surface area contributed by atoms with E-state index in [1.807, 2.05) is 24.1 Å². The Bertz CT molecular complexity index is 809. The van der Waals surface area contributed by atoms with E-state index < -0.39 is 0 Å². The maximum absolute atomic E-state index is 14.4. The Labute approximate surface area is 173 Å². The van der Waals surface area contributed by atoms with Gasteiger partial charge in [-0.05, 0) is 68.8 Å². The summed E-state index contributed by atoms with van der Waals surface area (Å²) in [4.78, 5) is 17.5. The van der Waals surface area contributed by atoms with Crippen molar-refractivity contribution >= 4 is 5.91 Å². The standard InChI is InChI=1S/C24H33FN2O2/c1-17(2)16-27-12-9-19(10-13-27)23(15-20-7-5-6-8-22(20)25)26(4)24(28)21-11-14-29-18(21)3/h5-8,11,14,17,19,23H,9-10,12-13,15-16H2,1-4H3. The van der Waals surface area contributed by atoms with Crippen molar-refractivity contribution in [2.75, 3.05) is 26.7 Å². The van der Waals surface area contributed by atoms with Crippen LogP contribution < -0.4 is 0 Å². The van der Waals surface area contributed by atoms with Gasteiger partial charge in [-0.25, -0.2) is 4.39 Å². The first kappa shape index (κ1) is 21.6. The predicted molar refractivity (Wildman–Crippen MR) is 113 cm³/mol. The fraction of sp³-hybridized carbons (Fsp3) is 0.542. The van der Waals surface area contributed by atoms with E-state index >= 15 is 0 Å². The number of rotatable bonds is 7. The van der Waals surface area contributed by atoms with Crippen LogP contribution in [-0.2, 0) is 6.42 Å². The van der Waals surface area contributed by atoms with Gasteiger partial charge in [-0.15, -0.1) is 0 Å². The molecule has 1 fully saturated rings. The Kier molecular flexibility index (Phi) is 7.12. The molecule has 1 aliphatic rings. The van der Waals surface area contributed by atoms with Crippen LogP contribution >= 0.6 is 0 Å². The van der Waals surface area contributed by atoms with Crippen LogP contribution in [0.3, 0.4) is 0 Å². The van der Waals surface area contributed by atoms with Crippen molar-refractivity contribution in [3.8, 4) is 0 Å². The summed E-state index contributed by atoms with van der Waals surface area (Å²) in [5.74, 6) is 1.36. The monoisotopic (exact) mass is 400 g/mol. The van der Waals surface area contributed by atoms with Crippen molar-refractivity contribution in [2.45, 2.75) is 46.1 Å². The highest BCUT2D eigenvalue weighted by Crippen LogP contribution is 2.28. The fourth-order valence-electron chi connectivity index (χ4n) is 4.49. The highest BCUT2D eigenvalue weighted by molar-refractivity contribution is 5.95. The SMILES string of the molecule is Cc1occc1C(=O)N(C)C(Cc1ccccc1F)C1CCN(CC(C)C)CC1. The molecule has 0 N–H and O–H groups in total. The number of benzene rings is 1. The minimum atomic E-state index is -0.199. The first-order valence-corrected chi connectivity index (χ1v) is 10.6. The number of halogens is 1. The number of likely N-dealkylation sites (tertiary alicyclic amines) is 1. The summed E-state index contributed by atoms with van der Waals surface area (Å²) >= 11 is 0. The summed E-state index contributed by atoms with van der Waals surface area (Å²) in [5, 5.41) is 0. The van der Waals surface area contributed by atoms with Gasteiger partial charge in [0.15, 0.2) is 0 Å². The first-order valence-electron chi connectivity index (χ1n) is 10.6. The number of nitrogens with zero attached hydrogens (tertiary/aromatic N) is 2. The van der Waals surface area contributed by atoms with Crippen LogP contribution in [0.15, 0.2) is 41.0 Å². The second kappa shape index (κ2) is 9.57. The molecular formula is C24H33FN2O2. The number of hydrogen-bond acceptors (Lipinski definition) is 3. The zero-order chi connectivity index (χ0) is 21.0. The Morgan fingerprint density at radius 3 is 2.52 bits per heavy atom. The van der Waals surface area contributed by atoms with Crippen LogP contribution in [0.25, 0.3) is 0 Å². The van der Waals surface area contributed by atoms with Gasteiger partial charge in [-0.1, -0.05) is 32.0 Å². The van der Waals surface area contributed by atoms with E-state index in [2.05, 4.69) is 18.7 Å². The normalized spacial score (nSPS) is 16.9. The van der Waals surface area contributed by atoms with Gasteiger partial charge in [0.2, 0.25) is 0 Å². The van der Waals surface area contributed by atoms with Gasteiger partial charge in [0.1, 0.15) is 11.6 Å². The van der Waals surface area contributed by atoms with E-state index in [9.17, 15) is 9.18 Å². The third kappa shape index (κ3) is 5.27. The molecule has 0 bridgehead atoms. The van der Waals surface area contributed by atoms with Gasteiger partial charge >= 0.3 is 0 Å². The maximum Gasteiger partial charge on any atom is 0.257 e. The number of aryl methyl sites for hydroxylation is 1. The van der Waals surface area contributed by atoms with Gasteiger partial charge < -0.3 is 14.2 Å². The van der Waals surface area contributed by atoms with Crippen LogP contribution in [0.4, 0.5) is 4.39 Å². The van der Waals surface area contributed by atoms with E-state index in [4.69, 9.17) is 4.42 Å². The zero-order valence-electron chi connectivity index (χ0n) is 18.0. The van der Waals surface area contributed by atoms with Crippen LogP contribution in [0.2, 0.25) is 0 Å². The third-order valence-corrected chi connectivity index (χ3v) is 6.09. The second-order valence-corrected chi connectivity index (χ2v) is 8.70. The molecule has 5 heteroatoms. The van der Waals surface area contributed by atoms with Gasteiger partial charge in [0, 0.05) is 19.6 Å². The summed E-state index contributed by atoms with van der Waals surface area (Å²) in [6.07, 6.45) is 4.12. The van der Waals surface area contributed by atoms with Crippen molar-refractivity contribution in [3.05, 3.63) is 59.3 Å². The topological polar surface area (TPSA) is 36.7 Å². The minimum Gasteiger partial charge on any atom is -0.469 e. The molecule has 4 nitrogen and oxygen atoms in total. The Morgan fingerprint density at radius 2 is 1.93 bits per heavy atom. The molecule has 0 saturated carbocycles. The average Bonchev–Trinajstić information content (AvgIpc) is 3.12. The number of piperidine rings is 1. The molecule has 0 radical (unpaired) electrons. The smallest absolute Gasteiger partial charge is 0.257 e. The van der Waals surface area contributed by atoms with Gasteiger partial charge in [0.05, 0.1) is 11.8 Å². The second-order valence-electron chi connectivity index (χ2n) is 8.70. The number of carbonyl (C=O) groups is 1. The lowest BCUT2D eigenvalue weighted by molar-refractivity contribution is 0.0579. The molecule has 1 amide bonds. The lowest BCUT2D eigenvalue weighted by atomic mass is 9.84. The number of amides is 1. The first-order chi connectivity index (χ1) is 13.9. The Morgan fingerprint density at radius 1 is 1.24 bits per heavy atom. The molecule has 1 aromatic carbocycles. The number of furan rings is 1. The molecule has 29 heavy (non-hydrogen) atoms. The molecule has 1 aromatic heterocycles. The largest absolute Gasteiger partial charge is 0.469 e. The molecule has 2 heterocycles. The molecule has 0 spiro atoms. The molecule has 158 valence electrons. The highest BCUT2D eigenvalue weighted by atomic mass is 19.1. The molecule has 3 rings (SSSR count). The van der Waals surface area contributed by atoms with Crippen LogP contribution in [0.5, 0.6) is 0 Å². The van der Waals surface area contributed by atoms with E-state index in [0.717, 1.165) is 32.5 Å². The minimum absolute atomic E-state index is 0.0464. The van der Waals surface area contributed by atoms with Crippen molar-refractivity contribution in [1.29, 1.82) is 0 Å². The lowest BCUT2D eigenvalue weighted by Gasteiger charge is -2.40. The molecule has 0 aliphatic carbocycles. The highest BCUT2D eigenvalue weighted by Gasteiger charge is 2.33. The summed E-state index contributed by atoms with van der Waals surface area (Å²) in [5.41, 5.74) is 1.26. The quantitative estimate of drug-likeness (QED) is 0.671. The Balaban J connectivity index is 1.79. The van der Waals surface area contributed by atoms with Crippen molar-refractivity contribution in [2.24, 2.45) is 11.8 Å². The Hall–Kier alpha value is -2.14. The van der Waals surface area contributed by atoms with Crippen molar-refractivity contribution < 1.29 is 13.6 Å². The van der Waals surface area contributed by atoms with Crippen LogP contribution in [-0.4, -0.2) is 48.4 Å². The van der Waals surface area contributed by atoms with E-state index in [1.165, 1.54) is 6.07 Å². The van der Waals surface area contributed by atoms with Gasteiger partial charge in [-0.2, -0.15) is 0 Å². The molecule has 1 unspecified atom stereocenters. The molecular weight excluding hydrogens is 367 g/mol. The zero-order valence-corrected chi connectivity index (χ0v) is 18.0. The lowest BCUT2D eigenvalue weighted by Crippen LogP contribution is -2.48.